The number of sulfonamides is 1. The van der Waals surface area contributed by atoms with Crippen LogP contribution in [0.15, 0.2) is 42.5 Å². The van der Waals surface area contributed by atoms with E-state index in [4.69, 9.17) is 4.74 Å². The van der Waals surface area contributed by atoms with Crippen LogP contribution in [-0.4, -0.2) is 25.9 Å². The highest BCUT2D eigenvalue weighted by Gasteiger charge is 2.25. The van der Waals surface area contributed by atoms with Gasteiger partial charge in [0.05, 0.1) is 24.2 Å². The second-order valence-corrected chi connectivity index (χ2v) is 6.88. The van der Waals surface area contributed by atoms with Gasteiger partial charge in [-0.1, -0.05) is 18.2 Å². The van der Waals surface area contributed by atoms with Crippen molar-refractivity contribution in [2.24, 2.45) is 0 Å². The van der Waals surface area contributed by atoms with Crippen LogP contribution in [0.1, 0.15) is 5.56 Å². The molecule has 2 aromatic carbocycles. The average Bonchev–Trinajstić information content (AvgIpc) is 2.62. The summed E-state index contributed by atoms with van der Waals surface area (Å²) in [4.78, 5) is 12.7. The standard InChI is InChI=1S/C15H14N2O5S/c1-23(20,21)16-11-6-7-14-12(8-11)17(15(18)19)9-10-4-2-3-5-13(10)22-14/h2-8,16H,9H2,1H3,(H,18,19). The van der Waals surface area contributed by atoms with Gasteiger partial charge in [0.1, 0.15) is 5.75 Å². The third-order valence-corrected chi connectivity index (χ3v) is 3.91. The fourth-order valence-electron chi connectivity index (χ4n) is 2.37. The summed E-state index contributed by atoms with van der Waals surface area (Å²) in [6.45, 7) is 0.112. The maximum absolute atomic E-state index is 11.6. The van der Waals surface area contributed by atoms with E-state index in [1.807, 2.05) is 0 Å². The quantitative estimate of drug-likeness (QED) is 0.880. The molecule has 1 heterocycles. The van der Waals surface area contributed by atoms with Crippen molar-refractivity contribution < 1.29 is 23.1 Å². The van der Waals surface area contributed by atoms with Crippen LogP contribution in [-0.2, 0) is 16.6 Å². The Morgan fingerprint density at radius 2 is 1.96 bits per heavy atom. The van der Waals surface area contributed by atoms with Crippen LogP contribution in [0, 0.1) is 0 Å². The Morgan fingerprint density at radius 1 is 1.22 bits per heavy atom. The third kappa shape index (κ3) is 3.21. The van der Waals surface area contributed by atoms with E-state index in [1.54, 1.807) is 30.3 Å². The summed E-state index contributed by atoms with van der Waals surface area (Å²) in [6, 6.07) is 11.6. The topological polar surface area (TPSA) is 95.9 Å². The Balaban J connectivity index is 2.10. The van der Waals surface area contributed by atoms with E-state index in [0.717, 1.165) is 16.7 Å². The second-order valence-electron chi connectivity index (χ2n) is 5.14. The van der Waals surface area contributed by atoms with Crippen molar-refractivity contribution in [1.29, 1.82) is 0 Å². The summed E-state index contributed by atoms with van der Waals surface area (Å²) in [5.74, 6) is 0.915. The van der Waals surface area contributed by atoms with Crippen LogP contribution in [0.2, 0.25) is 0 Å². The van der Waals surface area contributed by atoms with Crippen molar-refractivity contribution >= 4 is 27.5 Å². The van der Waals surface area contributed by atoms with Crippen molar-refractivity contribution in [3.05, 3.63) is 48.0 Å². The molecule has 0 saturated heterocycles. The van der Waals surface area contributed by atoms with E-state index < -0.39 is 16.1 Å². The first-order valence-electron chi connectivity index (χ1n) is 6.71. The van der Waals surface area contributed by atoms with Crippen LogP contribution in [0.5, 0.6) is 11.5 Å². The molecule has 120 valence electrons. The zero-order valence-electron chi connectivity index (χ0n) is 12.2. The minimum absolute atomic E-state index is 0.112. The number of anilines is 2. The van der Waals surface area contributed by atoms with Crippen molar-refractivity contribution in [1.82, 2.24) is 0 Å². The smallest absolute Gasteiger partial charge is 0.412 e. The molecule has 0 fully saturated rings. The Labute approximate surface area is 133 Å². The second kappa shape index (κ2) is 5.47. The number of nitrogens with one attached hydrogen (secondary N) is 1. The molecular weight excluding hydrogens is 320 g/mol. The number of hydrogen-bond donors (Lipinski definition) is 2. The first-order chi connectivity index (χ1) is 10.8. The molecule has 2 aromatic rings. The van der Waals surface area contributed by atoms with E-state index in [9.17, 15) is 18.3 Å². The molecule has 23 heavy (non-hydrogen) atoms. The number of hydrogen-bond acceptors (Lipinski definition) is 4. The molecule has 0 saturated carbocycles. The van der Waals surface area contributed by atoms with Gasteiger partial charge < -0.3 is 9.84 Å². The molecule has 0 bridgehead atoms. The number of benzene rings is 2. The van der Waals surface area contributed by atoms with Crippen molar-refractivity contribution in [2.45, 2.75) is 6.54 Å². The van der Waals surface area contributed by atoms with Crippen LogP contribution in [0.3, 0.4) is 0 Å². The molecule has 0 spiro atoms. The molecular formula is C15H14N2O5S. The van der Waals surface area contributed by atoms with Gasteiger partial charge in [-0.25, -0.2) is 13.2 Å². The molecule has 1 aliphatic rings. The first-order valence-corrected chi connectivity index (χ1v) is 8.61. The minimum atomic E-state index is -3.46. The summed E-state index contributed by atoms with van der Waals surface area (Å²) in [5.41, 5.74) is 1.28. The lowest BCUT2D eigenvalue weighted by atomic mass is 10.2. The van der Waals surface area contributed by atoms with Gasteiger partial charge in [0.15, 0.2) is 5.75 Å². The van der Waals surface area contributed by atoms with Crippen LogP contribution < -0.4 is 14.4 Å². The molecule has 0 unspecified atom stereocenters. The largest absolute Gasteiger partial charge is 0.465 e. The number of rotatable bonds is 2. The maximum Gasteiger partial charge on any atom is 0.412 e. The average molecular weight is 334 g/mol. The molecule has 0 atom stereocenters. The number of fused-ring (bicyclic) bond motifs is 2. The van der Waals surface area contributed by atoms with E-state index in [-0.39, 0.29) is 17.9 Å². The first kappa shape index (κ1) is 15.2. The molecule has 8 heteroatoms. The number of amides is 1. The number of carbonyl (C=O) groups is 1. The van der Waals surface area contributed by atoms with Crippen molar-refractivity contribution in [3.63, 3.8) is 0 Å². The third-order valence-electron chi connectivity index (χ3n) is 3.30. The van der Waals surface area contributed by atoms with Gasteiger partial charge in [-0.05, 0) is 24.3 Å². The summed E-state index contributed by atoms with van der Waals surface area (Å²) in [6.07, 6.45) is -0.122. The lowest BCUT2D eigenvalue weighted by molar-refractivity contribution is 0.201. The van der Waals surface area contributed by atoms with Crippen molar-refractivity contribution in [2.75, 3.05) is 15.9 Å². The Kier molecular flexibility index (Phi) is 3.61. The Morgan fingerprint density at radius 3 is 2.65 bits per heavy atom. The highest BCUT2D eigenvalue weighted by atomic mass is 32.2. The normalized spacial score (nSPS) is 13.3. The predicted molar refractivity (Wildman–Crippen MR) is 85.6 cm³/mol. The van der Waals surface area contributed by atoms with Gasteiger partial charge in [0.25, 0.3) is 0 Å². The van der Waals surface area contributed by atoms with E-state index >= 15 is 0 Å². The molecule has 7 nitrogen and oxygen atoms in total. The highest BCUT2D eigenvalue weighted by Crippen LogP contribution is 2.40. The summed E-state index contributed by atoms with van der Waals surface area (Å²) in [5, 5.41) is 9.49. The minimum Gasteiger partial charge on any atom is -0.465 e. The van der Waals surface area contributed by atoms with Crippen molar-refractivity contribution in [3.8, 4) is 11.5 Å². The van der Waals surface area contributed by atoms with Gasteiger partial charge in [0, 0.05) is 5.56 Å². The van der Waals surface area contributed by atoms with E-state index in [2.05, 4.69) is 4.72 Å². The van der Waals surface area contributed by atoms with Crippen LogP contribution >= 0.6 is 0 Å². The zero-order chi connectivity index (χ0) is 16.6. The van der Waals surface area contributed by atoms with E-state index in [1.165, 1.54) is 12.1 Å². The molecule has 0 aromatic heterocycles. The number of para-hydroxylation sites is 1. The molecule has 0 aliphatic carbocycles. The number of ether oxygens (including phenoxy) is 1. The number of carboxylic acid groups (broad SMARTS) is 1. The van der Waals surface area contributed by atoms with Gasteiger partial charge in [-0.2, -0.15) is 0 Å². The van der Waals surface area contributed by atoms with Crippen LogP contribution in [0.4, 0.5) is 16.2 Å². The molecule has 1 aliphatic heterocycles. The lowest BCUT2D eigenvalue weighted by Gasteiger charge is -2.19. The SMILES string of the molecule is CS(=O)(=O)Nc1ccc2c(c1)N(C(=O)O)Cc1ccccc1O2. The van der Waals surface area contributed by atoms with Gasteiger partial charge in [0.2, 0.25) is 10.0 Å². The summed E-state index contributed by atoms with van der Waals surface area (Å²) in [7, 11) is -3.46. The fourth-order valence-corrected chi connectivity index (χ4v) is 2.93. The summed E-state index contributed by atoms with van der Waals surface area (Å²) < 4.78 is 30.8. The fraction of sp³-hybridized carbons (Fsp3) is 0.133. The number of nitrogens with zero attached hydrogens (tertiary/aromatic N) is 1. The summed E-state index contributed by atoms with van der Waals surface area (Å²) >= 11 is 0. The predicted octanol–water partition coefficient (Wildman–Crippen LogP) is 2.85. The Hall–Kier alpha value is -2.74. The van der Waals surface area contributed by atoms with Gasteiger partial charge >= 0.3 is 6.09 Å². The monoisotopic (exact) mass is 334 g/mol. The van der Waals surface area contributed by atoms with E-state index in [0.29, 0.717) is 11.5 Å². The van der Waals surface area contributed by atoms with Gasteiger partial charge in [-0.3, -0.25) is 9.62 Å². The molecule has 2 N–H and O–H groups in total. The van der Waals surface area contributed by atoms with Crippen LogP contribution in [0.25, 0.3) is 0 Å². The zero-order valence-corrected chi connectivity index (χ0v) is 13.0. The molecule has 0 radical (unpaired) electrons. The molecule has 3 rings (SSSR count). The lowest BCUT2D eigenvalue weighted by Crippen LogP contribution is -2.28. The Bertz CT molecular complexity index is 879. The highest BCUT2D eigenvalue weighted by molar-refractivity contribution is 7.92. The maximum atomic E-state index is 11.6. The van der Waals surface area contributed by atoms with Gasteiger partial charge in [-0.15, -0.1) is 0 Å². The molecule has 1 amide bonds.